The molecule has 6 nitrogen and oxygen atoms in total. The lowest BCUT2D eigenvalue weighted by Gasteiger charge is -2.41. The maximum absolute atomic E-state index is 10.4. The van der Waals surface area contributed by atoms with Crippen molar-refractivity contribution in [2.45, 2.75) is 26.0 Å². The molecule has 2 fully saturated rings. The van der Waals surface area contributed by atoms with Gasteiger partial charge in [0, 0.05) is 57.2 Å². The van der Waals surface area contributed by atoms with Gasteiger partial charge in [0.2, 0.25) is 0 Å². The zero-order valence-corrected chi connectivity index (χ0v) is 15.0. The van der Waals surface area contributed by atoms with Crippen LogP contribution in [-0.2, 0) is 4.74 Å². The number of aliphatic hydroxyl groups is 1. The highest BCUT2D eigenvalue weighted by atomic mass is 32.1. The number of morpholine rings is 1. The quantitative estimate of drug-likeness (QED) is 0.850. The van der Waals surface area contributed by atoms with Gasteiger partial charge < -0.3 is 14.7 Å². The number of thiazole rings is 1. The summed E-state index contributed by atoms with van der Waals surface area (Å²) in [5, 5.41) is 13.6. The Kier molecular flexibility index (Phi) is 5.87. The van der Waals surface area contributed by atoms with Crippen LogP contribution < -0.4 is 4.90 Å². The Bertz CT molecular complexity index is 492. The van der Waals surface area contributed by atoms with E-state index in [-0.39, 0.29) is 6.10 Å². The van der Waals surface area contributed by atoms with E-state index in [4.69, 9.17) is 4.74 Å². The van der Waals surface area contributed by atoms with Crippen molar-refractivity contribution in [2.24, 2.45) is 0 Å². The van der Waals surface area contributed by atoms with Crippen LogP contribution in [0.15, 0.2) is 5.38 Å². The van der Waals surface area contributed by atoms with Crippen LogP contribution in [0.25, 0.3) is 0 Å². The summed E-state index contributed by atoms with van der Waals surface area (Å²) in [5.41, 5.74) is 1.10. The van der Waals surface area contributed by atoms with Gasteiger partial charge in [-0.15, -0.1) is 11.3 Å². The van der Waals surface area contributed by atoms with Crippen LogP contribution in [0.2, 0.25) is 0 Å². The summed E-state index contributed by atoms with van der Waals surface area (Å²) in [6.45, 7) is 12.2. The van der Waals surface area contributed by atoms with Gasteiger partial charge in [-0.1, -0.05) is 0 Å². The minimum absolute atomic E-state index is 0.283. The second kappa shape index (κ2) is 7.90. The highest BCUT2D eigenvalue weighted by Gasteiger charge is 2.27. The van der Waals surface area contributed by atoms with Crippen LogP contribution in [0.3, 0.4) is 0 Å². The summed E-state index contributed by atoms with van der Waals surface area (Å²) in [5.74, 6) is 0. The summed E-state index contributed by atoms with van der Waals surface area (Å²) < 4.78 is 5.36. The Labute approximate surface area is 142 Å². The van der Waals surface area contributed by atoms with Crippen molar-refractivity contribution in [1.29, 1.82) is 0 Å². The molecular formula is C16H28N4O2S. The number of nitrogens with zero attached hydrogens (tertiary/aromatic N) is 4. The molecule has 2 atom stereocenters. The van der Waals surface area contributed by atoms with Gasteiger partial charge in [0.25, 0.3) is 0 Å². The van der Waals surface area contributed by atoms with Crippen LogP contribution in [0, 0.1) is 6.92 Å². The van der Waals surface area contributed by atoms with Crippen molar-refractivity contribution in [3.05, 3.63) is 11.1 Å². The average molecular weight is 340 g/mol. The molecule has 0 unspecified atom stereocenters. The van der Waals surface area contributed by atoms with Crippen molar-refractivity contribution in [3.63, 3.8) is 0 Å². The molecule has 0 aromatic carbocycles. The Morgan fingerprint density at radius 1 is 1.26 bits per heavy atom. The predicted octanol–water partition coefficient (Wildman–Crippen LogP) is 0.655. The highest BCUT2D eigenvalue weighted by molar-refractivity contribution is 7.13. The highest BCUT2D eigenvalue weighted by Crippen LogP contribution is 2.24. The third kappa shape index (κ3) is 4.64. The third-order valence-corrected chi connectivity index (χ3v) is 5.60. The average Bonchev–Trinajstić information content (AvgIpc) is 2.94. The van der Waals surface area contributed by atoms with Crippen molar-refractivity contribution in [2.75, 3.05) is 63.9 Å². The van der Waals surface area contributed by atoms with Gasteiger partial charge in [-0.05, 0) is 13.8 Å². The fourth-order valence-electron chi connectivity index (χ4n) is 3.39. The molecule has 2 aliphatic heterocycles. The molecule has 0 aliphatic carbocycles. The van der Waals surface area contributed by atoms with Crippen LogP contribution in [-0.4, -0.2) is 91.1 Å². The topological polar surface area (TPSA) is 52.1 Å². The van der Waals surface area contributed by atoms with E-state index in [2.05, 4.69) is 32.0 Å². The number of aliphatic hydroxyl groups excluding tert-OH is 1. The molecule has 1 N–H and O–H groups in total. The van der Waals surface area contributed by atoms with Gasteiger partial charge in [0.15, 0.2) is 5.13 Å². The zero-order chi connectivity index (χ0) is 16.2. The maximum Gasteiger partial charge on any atom is 0.185 e. The fourth-order valence-corrected chi connectivity index (χ4v) is 4.33. The normalized spacial score (nSPS) is 25.7. The molecule has 0 bridgehead atoms. The van der Waals surface area contributed by atoms with Gasteiger partial charge in [0.05, 0.1) is 25.0 Å². The Morgan fingerprint density at radius 2 is 2.00 bits per heavy atom. The summed E-state index contributed by atoms with van der Waals surface area (Å²) in [6, 6.07) is 0.435. The zero-order valence-electron chi connectivity index (χ0n) is 14.1. The number of rotatable bonds is 5. The largest absolute Gasteiger partial charge is 0.390 e. The van der Waals surface area contributed by atoms with Gasteiger partial charge in [-0.25, -0.2) is 4.98 Å². The third-order valence-electron chi connectivity index (χ3n) is 4.61. The Morgan fingerprint density at radius 3 is 2.65 bits per heavy atom. The first-order valence-electron chi connectivity index (χ1n) is 8.51. The van der Waals surface area contributed by atoms with Gasteiger partial charge in [0.1, 0.15) is 0 Å². The predicted molar refractivity (Wildman–Crippen MR) is 93.4 cm³/mol. The number of ether oxygens (including phenoxy) is 1. The first kappa shape index (κ1) is 17.1. The van der Waals surface area contributed by atoms with E-state index in [1.54, 1.807) is 11.3 Å². The van der Waals surface area contributed by atoms with Crippen molar-refractivity contribution >= 4 is 16.5 Å². The smallest absolute Gasteiger partial charge is 0.185 e. The van der Waals surface area contributed by atoms with E-state index < -0.39 is 0 Å². The summed E-state index contributed by atoms with van der Waals surface area (Å²) >= 11 is 1.73. The first-order valence-corrected chi connectivity index (χ1v) is 9.39. The number of aryl methyl sites for hydroxylation is 1. The van der Waals surface area contributed by atoms with Crippen molar-refractivity contribution in [3.8, 4) is 0 Å². The number of anilines is 1. The summed E-state index contributed by atoms with van der Waals surface area (Å²) in [4.78, 5) is 11.7. The lowest BCUT2D eigenvalue weighted by atomic mass is 10.2. The molecule has 3 heterocycles. The monoisotopic (exact) mass is 340 g/mol. The second-order valence-corrected chi connectivity index (χ2v) is 7.48. The lowest BCUT2D eigenvalue weighted by Crippen LogP contribution is -2.54. The van der Waals surface area contributed by atoms with E-state index in [1.165, 1.54) is 0 Å². The van der Waals surface area contributed by atoms with E-state index in [0.29, 0.717) is 6.04 Å². The molecule has 7 heteroatoms. The first-order chi connectivity index (χ1) is 11.1. The number of β-amino-alcohol motifs (C(OH)–C–C–N with tert-alkyl or cyclic N) is 1. The SMILES string of the molecule is Cc1csc(N2CCN(C[C@H](O)CN3CCOCC3)C[C@H]2C)n1. The van der Waals surface area contributed by atoms with E-state index in [9.17, 15) is 5.11 Å². The summed E-state index contributed by atoms with van der Waals surface area (Å²) in [6.07, 6.45) is -0.283. The molecule has 0 amide bonds. The Balaban J connectivity index is 1.45. The van der Waals surface area contributed by atoms with E-state index in [1.807, 2.05) is 6.92 Å². The van der Waals surface area contributed by atoms with Gasteiger partial charge in [-0.2, -0.15) is 0 Å². The minimum atomic E-state index is -0.283. The van der Waals surface area contributed by atoms with Crippen LogP contribution >= 0.6 is 11.3 Å². The molecule has 130 valence electrons. The van der Waals surface area contributed by atoms with Crippen LogP contribution in [0.4, 0.5) is 5.13 Å². The molecule has 23 heavy (non-hydrogen) atoms. The molecule has 0 radical (unpaired) electrons. The van der Waals surface area contributed by atoms with Gasteiger partial charge in [-0.3, -0.25) is 9.80 Å². The Hall–Kier alpha value is -0.730. The fraction of sp³-hybridized carbons (Fsp3) is 0.812. The summed E-state index contributed by atoms with van der Waals surface area (Å²) in [7, 11) is 0. The van der Waals surface area contributed by atoms with Crippen molar-refractivity contribution in [1.82, 2.24) is 14.8 Å². The standard InChI is InChI=1S/C16H28N4O2S/c1-13-12-23-16(17-13)20-4-3-19(9-14(20)2)11-15(21)10-18-5-7-22-8-6-18/h12,14-15,21H,3-11H2,1-2H3/t14-,15-/m1/s1. The van der Waals surface area contributed by atoms with E-state index >= 15 is 0 Å². The molecular weight excluding hydrogens is 312 g/mol. The molecule has 2 saturated heterocycles. The van der Waals surface area contributed by atoms with Crippen molar-refractivity contribution < 1.29 is 9.84 Å². The number of hydrogen-bond acceptors (Lipinski definition) is 7. The second-order valence-electron chi connectivity index (χ2n) is 6.64. The molecule has 1 aromatic heterocycles. The molecule has 2 aliphatic rings. The van der Waals surface area contributed by atoms with Crippen LogP contribution in [0.1, 0.15) is 12.6 Å². The lowest BCUT2D eigenvalue weighted by molar-refractivity contribution is 0.00572. The number of aromatic nitrogens is 1. The van der Waals surface area contributed by atoms with Gasteiger partial charge >= 0.3 is 0 Å². The number of piperazine rings is 1. The minimum Gasteiger partial charge on any atom is -0.390 e. The van der Waals surface area contributed by atoms with Crippen LogP contribution in [0.5, 0.6) is 0 Å². The molecule has 1 aromatic rings. The molecule has 0 saturated carbocycles. The van der Waals surface area contributed by atoms with E-state index in [0.717, 1.165) is 69.9 Å². The molecule has 3 rings (SSSR count). The molecule has 0 spiro atoms. The maximum atomic E-state index is 10.4. The number of hydrogen-bond donors (Lipinski definition) is 1.